The van der Waals surface area contributed by atoms with Crippen molar-refractivity contribution in [3.05, 3.63) is 42.0 Å². The van der Waals surface area contributed by atoms with Gasteiger partial charge in [-0.2, -0.15) is 0 Å². The van der Waals surface area contributed by atoms with Gasteiger partial charge in [0.1, 0.15) is 5.82 Å². The summed E-state index contributed by atoms with van der Waals surface area (Å²) in [6, 6.07) is 5.74. The quantitative estimate of drug-likeness (QED) is 0.786. The molecule has 0 aromatic carbocycles. The molecule has 0 saturated heterocycles. The fraction of sp³-hybridized carbons (Fsp3) is 0.200. The van der Waals surface area contributed by atoms with Gasteiger partial charge in [0, 0.05) is 37.6 Å². The van der Waals surface area contributed by atoms with Gasteiger partial charge >= 0.3 is 0 Å². The molecule has 0 aliphatic heterocycles. The van der Waals surface area contributed by atoms with Gasteiger partial charge in [-0.3, -0.25) is 9.20 Å². The molecule has 0 atom stereocenters. The lowest BCUT2D eigenvalue weighted by molar-refractivity contribution is 0.0989. The van der Waals surface area contributed by atoms with Crippen molar-refractivity contribution in [1.82, 2.24) is 19.6 Å². The fourth-order valence-corrected chi connectivity index (χ4v) is 2.31. The predicted molar refractivity (Wildman–Crippen MR) is 83.8 cm³/mol. The summed E-state index contributed by atoms with van der Waals surface area (Å²) in [5, 5.41) is 7.73. The molecular weight excluding hydrogens is 280 g/mol. The minimum atomic E-state index is -0.609. The summed E-state index contributed by atoms with van der Waals surface area (Å²) in [7, 11) is 3.90. The Morgan fingerprint density at radius 1 is 1.27 bits per heavy atom. The maximum absolute atomic E-state index is 11.4. The molecule has 7 heteroatoms. The zero-order valence-electron chi connectivity index (χ0n) is 12.6. The summed E-state index contributed by atoms with van der Waals surface area (Å²) in [5.41, 5.74) is 8.89. The number of aromatic nitrogens is 4. The van der Waals surface area contributed by atoms with Gasteiger partial charge in [-0.05, 0) is 30.7 Å². The molecule has 3 heterocycles. The van der Waals surface area contributed by atoms with Crippen molar-refractivity contribution in [3.63, 3.8) is 0 Å². The van der Waals surface area contributed by atoms with Gasteiger partial charge < -0.3 is 10.6 Å². The maximum Gasteiger partial charge on any atom is 0.287 e. The van der Waals surface area contributed by atoms with Crippen molar-refractivity contribution in [2.24, 2.45) is 5.73 Å². The van der Waals surface area contributed by atoms with Crippen LogP contribution in [0.3, 0.4) is 0 Å². The lowest BCUT2D eigenvalue weighted by Gasteiger charge is -2.14. The van der Waals surface area contributed by atoms with Crippen LogP contribution >= 0.6 is 0 Å². The number of carbonyl (C=O) groups excluding carboxylic acids is 1. The molecule has 3 rings (SSSR count). The van der Waals surface area contributed by atoms with Gasteiger partial charge in [0.2, 0.25) is 5.82 Å². The van der Waals surface area contributed by atoms with Crippen molar-refractivity contribution in [1.29, 1.82) is 0 Å². The molecule has 1 amide bonds. The van der Waals surface area contributed by atoms with E-state index >= 15 is 0 Å². The summed E-state index contributed by atoms with van der Waals surface area (Å²) in [4.78, 5) is 17.8. The summed E-state index contributed by atoms with van der Waals surface area (Å²) >= 11 is 0. The molecule has 0 aliphatic carbocycles. The topological polar surface area (TPSA) is 89.4 Å². The van der Waals surface area contributed by atoms with Crippen LogP contribution in [-0.2, 0) is 0 Å². The summed E-state index contributed by atoms with van der Waals surface area (Å²) in [5.74, 6) is 0.402. The molecule has 0 aliphatic rings. The second kappa shape index (κ2) is 5.10. The van der Waals surface area contributed by atoms with Gasteiger partial charge in [-0.1, -0.05) is 0 Å². The van der Waals surface area contributed by atoms with Gasteiger partial charge in [0.15, 0.2) is 5.65 Å². The Morgan fingerprint density at radius 2 is 2.05 bits per heavy atom. The molecule has 0 saturated carbocycles. The summed E-state index contributed by atoms with van der Waals surface area (Å²) in [6.07, 6.45) is 3.62. The lowest BCUT2D eigenvalue weighted by atomic mass is 10.0. The third kappa shape index (κ3) is 2.26. The highest BCUT2D eigenvalue weighted by Crippen LogP contribution is 2.25. The number of amides is 1. The van der Waals surface area contributed by atoms with Crippen molar-refractivity contribution < 1.29 is 4.79 Å². The number of aryl methyl sites for hydroxylation is 1. The van der Waals surface area contributed by atoms with E-state index in [-0.39, 0.29) is 5.82 Å². The normalized spacial score (nSPS) is 10.9. The first-order valence-corrected chi connectivity index (χ1v) is 6.76. The van der Waals surface area contributed by atoms with Gasteiger partial charge in [0.05, 0.1) is 0 Å². The number of hydrogen-bond donors (Lipinski definition) is 1. The van der Waals surface area contributed by atoms with E-state index in [0.717, 1.165) is 22.5 Å². The van der Waals surface area contributed by atoms with E-state index in [4.69, 9.17) is 5.73 Å². The number of pyridine rings is 2. The van der Waals surface area contributed by atoms with E-state index in [1.54, 1.807) is 16.7 Å². The van der Waals surface area contributed by atoms with Crippen LogP contribution in [0, 0.1) is 6.92 Å². The predicted octanol–water partition coefficient (Wildman–Crippen LogP) is 1.26. The van der Waals surface area contributed by atoms with Crippen LogP contribution in [0.2, 0.25) is 0 Å². The number of carbonyl (C=O) groups is 1. The van der Waals surface area contributed by atoms with Gasteiger partial charge in [0.25, 0.3) is 5.91 Å². The van der Waals surface area contributed by atoms with E-state index in [2.05, 4.69) is 15.2 Å². The number of fused-ring (bicyclic) bond motifs is 1. The van der Waals surface area contributed by atoms with Crippen LogP contribution in [0.4, 0.5) is 5.82 Å². The largest absolute Gasteiger partial charge is 0.363 e. The highest BCUT2D eigenvalue weighted by molar-refractivity contribution is 5.90. The smallest absolute Gasteiger partial charge is 0.287 e. The van der Waals surface area contributed by atoms with E-state index in [1.807, 2.05) is 44.2 Å². The number of primary amides is 1. The monoisotopic (exact) mass is 296 g/mol. The Morgan fingerprint density at radius 3 is 2.68 bits per heavy atom. The van der Waals surface area contributed by atoms with Crippen LogP contribution in [0.25, 0.3) is 16.8 Å². The lowest BCUT2D eigenvalue weighted by Crippen LogP contribution is -2.15. The molecule has 0 unspecified atom stereocenters. The van der Waals surface area contributed by atoms with E-state index < -0.39 is 5.91 Å². The highest BCUT2D eigenvalue weighted by atomic mass is 16.1. The Kier molecular flexibility index (Phi) is 3.25. The molecule has 3 aromatic rings. The van der Waals surface area contributed by atoms with Crippen molar-refractivity contribution >= 4 is 17.4 Å². The fourth-order valence-electron chi connectivity index (χ4n) is 2.31. The minimum Gasteiger partial charge on any atom is -0.363 e. The molecule has 0 radical (unpaired) electrons. The zero-order valence-corrected chi connectivity index (χ0v) is 12.6. The molecule has 22 heavy (non-hydrogen) atoms. The van der Waals surface area contributed by atoms with Crippen LogP contribution < -0.4 is 10.6 Å². The molecule has 7 nitrogen and oxygen atoms in total. The first-order valence-electron chi connectivity index (χ1n) is 6.76. The molecule has 112 valence electrons. The average molecular weight is 296 g/mol. The van der Waals surface area contributed by atoms with E-state index in [0.29, 0.717) is 5.65 Å². The first kappa shape index (κ1) is 14.0. The van der Waals surface area contributed by atoms with Crippen LogP contribution in [0.1, 0.15) is 16.2 Å². The van der Waals surface area contributed by atoms with Crippen molar-refractivity contribution in [3.8, 4) is 11.1 Å². The Bertz CT molecular complexity index is 868. The summed E-state index contributed by atoms with van der Waals surface area (Å²) < 4.78 is 1.59. The highest BCUT2D eigenvalue weighted by Gasteiger charge is 2.12. The summed E-state index contributed by atoms with van der Waals surface area (Å²) in [6.45, 7) is 2.02. The standard InChI is InChI=1S/C15H16N6O/c1-9-6-13(20(2)3)17-7-11(9)10-4-5-12-18-19-15(14(16)22)21(12)8-10/h4-8H,1-3H3,(H2,16,22). The van der Waals surface area contributed by atoms with E-state index in [1.165, 1.54) is 0 Å². The molecule has 0 fully saturated rings. The second-order valence-corrected chi connectivity index (χ2v) is 5.29. The Balaban J connectivity index is 2.14. The van der Waals surface area contributed by atoms with Crippen molar-refractivity contribution in [2.75, 3.05) is 19.0 Å². The van der Waals surface area contributed by atoms with Gasteiger partial charge in [-0.25, -0.2) is 4.98 Å². The molecular formula is C15H16N6O. The molecule has 0 bridgehead atoms. The SMILES string of the molecule is Cc1cc(N(C)C)ncc1-c1ccc2nnc(C(N)=O)n2c1. The van der Waals surface area contributed by atoms with E-state index in [9.17, 15) is 4.79 Å². The van der Waals surface area contributed by atoms with Crippen LogP contribution in [0.15, 0.2) is 30.6 Å². The first-order chi connectivity index (χ1) is 10.5. The number of rotatable bonds is 3. The maximum atomic E-state index is 11.4. The number of anilines is 1. The zero-order chi connectivity index (χ0) is 15.9. The van der Waals surface area contributed by atoms with Gasteiger partial charge in [-0.15, -0.1) is 10.2 Å². The third-order valence-corrected chi connectivity index (χ3v) is 3.49. The Labute approximate surface area is 127 Å². The molecule has 0 spiro atoms. The molecule has 3 aromatic heterocycles. The second-order valence-electron chi connectivity index (χ2n) is 5.29. The van der Waals surface area contributed by atoms with Crippen LogP contribution in [0.5, 0.6) is 0 Å². The Hall–Kier alpha value is -2.96. The third-order valence-electron chi connectivity index (χ3n) is 3.49. The average Bonchev–Trinajstić information content (AvgIpc) is 2.90. The molecule has 2 N–H and O–H groups in total. The van der Waals surface area contributed by atoms with Crippen molar-refractivity contribution in [2.45, 2.75) is 6.92 Å². The van der Waals surface area contributed by atoms with Crippen LogP contribution in [-0.4, -0.2) is 39.6 Å². The number of hydrogen-bond acceptors (Lipinski definition) is 5. The number of nitrogens with zero attached hydrogens (tertiary/aromatic N) is 5. The minimum absolute atomic E-state index is 0.118. The number of nitrogens with two attached hydrogens (primary N) is 1.